The molecule has 70 valence electrons. The number of nitrogens with two attached hydrogens (primary N) is 1. The average Bonchev–Trinajstić information content (AvgIpc) is 2.85. The highest BCUT2D eigenvalue weighted by molar-refractivity contribution is 4.86. The van der Waals surface area contributed by atoms with Gasteiger partial charge in [-0.2, -0.15) is 0 Å². The van der Waals surface area contributed by atoms with Crippen LogP contribution in [0.3, 0.4) is 0 Å². The fourth-order valence-electron chi connectivity index (χ4n) is 2.07. The normalized spacial score (nSPS) is 28.5. The van der Waals surface area contributed by atoms with Gasteiger partial charge in [-0.15, -0.1) is 0 Å². The van der Waals surface area contributed by atoms with Gasteiger partial charge in [0.15, 0.2) is 0 Å². The third kappa shape index (κ3) is 2.22. The van der Waals surface area contributed by atoms with E-state index >= 15 is 0 Å². The zero-order valence-electron chi connectivity index (χ0n) is 8.13. The van der Waals surface area contributed by atoms with Gasteiger partial charge in [-0.25, -0.2) is 0 Å². The van der Waals surface area contributed by atoms with Crippen LogP contribution in [-0.2, 0) is 0 Å². The lowest BCUT2D eigenvalue weighted by Gasteiger charge is -2.18. The molecule has 2 atom stereocenters. The molecule has 1 nitrogen and oxygen atoms in total. The standard InChI is InChI=1S/C11H21N/c1-8(10-5-6-10)11(12)7-4-9-2-3-9/h8-11H,2-7,12H2,1H3. The Morgan fingerprint density at radius 1 is 1.25 bits per heavy atom. The van der Waals surface area contributed by atoms with Crippen LogP contribution in [0.2, 0.25) is 0 Å². The van der Waals surface area contributed by atoms with Crippen molar-refractivity contribution in [3.8, 4) is 0 Å². The Morgan fingerprint density at radius 3 is 2.42 bits per heavy atom. The Morgan fingerprint density at radius 2 is 1.92 bits per heavy atom. The first-order chi connectivity index (χ1) is 5.77. The van der Waals surface area contributed by atoms with Gasteiger partial charge in [0.05, 0.1) is 0 Å². The smallest absolute Gasteiger partial charge is 0.00672 e. The Labute approximate surface area is 75.7 Å². The van der Waals surface area contributed by atoms with Crippen LogP contribution in [0.15, 0.2) is 0 Å². The second kappa shape index (κ2) is 3.37. The summed E-state index contributed by atoms with van der Waals surface area (Å²) < 4.78 is 0. The van der Waals surface area contributed by atoms with Crippen molar-refractivity contribution in [1.29, 1.82) is 0 Å². The van der Waals surface area contributed by atoms with Crippen LogP contribution in [0.4, 0.5) is 0 Å². The van der Waals surface area contributed by atoms with E-state index in [-0.39, 0.29) is 0 Å². The van der Waals surface area contributed by atoms with Gasteiger partial charge in [0.1, 0.15) is 0 Å². The van der Waals surface area contributed by atoms with Crippen molar-refractivity contribution < 1.29 is 0 Å². The highest BCUT2D eigenvalue weighted by Gasteiger charge is 2.32. The topological polar surface area (TPSA) is 26.0 Å². The first-order valence-corrected chi connectivity index (χ1v) is 5.53. The van der Waals surface area contributed by atoms with Gasteiger partial charge < -0.3 is 5.73 Å². The maximum Gasteiger partial charge on any atom is 0.00672 e. The van der Waals surface area contributed by atoms with Gasteiger partial charge in [-0.1, -0.05) is 19.8 Å². The molecule has 0 aromatic heterocycles. The van der Waals surface area contributed by atoms with Crippen LogP contribution in [0.1, 0.15) is 45.4 Å². The molecule has 0 spiro atoms. The molecule has 2 aliphatic rings. The zero-order valence-corrected chi connectivity index (χ0v) is 8.13. The molecule has 0 aliphatic heterocycles. The highest BCUT2D eigenvalue weighted by atomic mass is 14.7. The molecule has 2 unspecified atom stereocenters. The van der Waals surface area contributed by atoms with Crippen molar-refractivity contribution in [1.82, 2.24) is 0 Å². The molecule has 12 heavy (non-hydrogen) atoms. The molecule has 1 heteroatoms. The molecule has 0 aromatic carbocycles. The second-order valence-corrected chi connectivity index (χ2v) is 4.88. The number of hydrogen-bond acceptors (Lipinski definition) is 1. The van der Waals surface area contributed by atoms with E-state index in [0.717, 1.165) is 17.8 Å². The first-order valence-electron chi connectivity index (χ1n) is 5.53. The fraction of sp³-hybridized carbons (Fsp3) is 1.00. The van der Waals surface area contributed by atoms with Crippen LogP contribution < -0.4 is 5.73 Å². The van der Waals surface area contributed by atoms with E-state index in [1.807, 2.05) is 0 Å². The van der Waals surface area contributed by atoms with Crippen LogP contribution >= 0.6 is 0 Å². The first kappa shape index (κ1) is 8.55. The van der Waals surface area contributed by atoms with Gasteiger partial charge >= 0.3 is 0 Å². The molecule has 2 saturated carbocycles. The molecular weight excluding hydrogens is 146 g/mol. The van der Waals surface area contributed by atoms with Crippen LogP contribution in [-0.4, -0.2) is 6.04 Å². The maximum atomic E-state index is 6.13. The molecule has 0 radical (unpaired) electrons. The minimum atomic E-state index is 0.498. The third-order valence-corrected chi connectivity index (χ3v) is 3.65. The number of hydrogen-bond donors (Lipinski definition) is 1. The van der Waals surface area contributed by atoms with Crippen molar-refractivity contribution in [2.45, 2.75) is 51.5 Å². The Hall–Kier alpha value is -0.0400. The lowest BCUT2D eigenvalue weighted by molar-refractivity contribution is 0.374. The summed E-state index contributed by atoms with van der Waals surface area (Å²) in [6.07, 6.45) is 8.52. The molecule has 0 amide bonds. The van der Waals surface area contributed by atoms with E-state index < -0.39 is 0 Å². The fourth-order valence-corrected chi connectivity index (χ4v) is 2.07. The second-order valence-electron chi connectivity index (χ2n) is 4.88. The van der Waals surface area contributed by atoms with E-state index in [2.05, 4.69) is 6.92 Å². The molecule has 2 aliphatic carbocycles. The SMILES string of the molecule is CC(C(N)CCC1CC1)C1CC1. The third-order valence-electron chi connectivity index (χ3n) is 3.65. The summed E-state index contributed by atoms with van der Waals surface area (Å²) in [6.45, 7) is 2.34. The lowest BCUT2D eigenvalue weighted by Crippen LogP contribution is -2.29. The molecule has 2 N–H and O–H groups in total. The van der Waals surface area contributed by atoms with Gasteiger partial charge in [0.25, 0.3) is 0 Å². The van der Waals surface area contributed by atoms with E-state index in [1.54, 1.807) is 0 Å². The lowest BCUT2D eigenvalue weighted by atomic mass is 9.93. The monoisotopic (exact) mass is 167 g/mol. The van der Waals surface area contributed by atoms with Crippen LogP contribution in [0.5, 0.6) is 0 Å². The van der Waals surface area contributed by atoms with E-state index in [1.165, 1.54) is 38.5 Å². The highest BCUT2D eigenvalue weighted by Crippen LogP contribution is 2.40. The summed E-state index contributed by atoms with van der Waals surface area (Å²) in [4.78, 5) is 0. The summed E-state index contributed by atoms with van der Waals surface area (Å²) in [7, 11) is 0. The van der Waals surface area contributed by atoms with Gasteiger partial charge in [-0.3, -0.25) is 0 Å². The molecule has 0 aromatic rings. The maximum absolute atomic E-state index is 6.13. The number of rotatable bonds is 5. The largest absolute Gasteiger partial charge is 0.327 e. The predicted octanol–water partition coefficient (Wildman–Crippen LogP) is 2.55. The minimum Gasteiger partial charge on any atom is -0.327 e. The van der Waals surface area contributed by atoms with E-state index in [4.69, 9.17) is 5.73 Å². The van der Waals surface area contributed by atoms with Crippen molar-refractivity contribution in [2.75, 3.05) is 0 Å². The molecule has 2 fully saturated rings. The summed E-state index contributed by atoms with van der Waals surface area (Å²) in [5, 5.41) is 0. The van der Waals surface area contributed by atoms with Crippen molar-refractivity contribution in [2.24, 2.45) is 23.5 Å². The Balaban J connectivity index is 1.63. The summed E-state index contributed by atoms with van der Waals surface area (Å²) >= 11 is 0. The molecule has 0 bridgehead atoms. The van der Waals surface area contributed by atoms with Crippen LogP contribution in [0.25, 0.3) is 0 Å². The van der Waals surface area contributed by atoms with E-state index in [0.29, 0.717) is 6.04 Å². The average molecular weight is 167 g/mol. The Kier molecular flexibility index (Phi) is 2.40. The summed E-state index contributed by atoms with van der Waals surface area (Å²) in [5.74, 6) is 2.84. The summed E-state index contributed by atoms with van der Waals surface area (Å²) in [5.41, 5.74) is 6.13. The molecule has 0 heterocycles. The summed E-state index contributed by atoms with van der Waals surface area (Å²) in [6, 6.07) is 0.498. The van der Waals surface area contributed by atoms with E-state index in [9.17, 15) is 0 Å². The van der Waals surface area contributed by atoms with Crippen molar-refractivity contribution >= 4 is 0 Å². The minimum absolute atomic E-state index is 0.498. The Bertz CT molecular complexity index is 147. The predicted molar refractivity (Wildman–Crippen MR) is 51.8 cm³/mol. The van der Waals surface area contributed by atoms with Crippen LogP contribution in [0, 0.1) is 17.8 Å². The van der Waals surface area contributed by atoms with Gasteiger partial charge in [-0.05, 0) is 43.4 Å². The molecule has 2 rings (SSSR count). The van der Waals surface area contributed by atoms with Gasteiger partial charge in [0.2, 0.25) is 0 Å². The molecule has 0 saturated heterocycles. The quantitative estimate of drug-likeness (QED) is 0.669. The molecular formula is C11H21N. The van der Waals surface area contributed by atoms with Crippen molar-refractivity contribution in [3.63, 3.8) is 0 Å². The zero-order chi connectivity index (χ0) is 8.55. The van der Waals surface area contributed by atoms with Gasteiger partial charge in [0, 0.05) is 6.04 Å². The van der Waals surface area contributed by atoms with Crippen molar-refractivity contribution in [3.05, 3.63) is 0 Å².